The topological polar surface area (TPSA) is 92.6 Å². The quantitative estimate of drug-likeness (QED) is 0.453. The summed E-state index contributed by atoms with van der Waals surface area (Å²) in [5.41, 5.74) is 1.43. The molecule has 0 aliphatic carbocycles. The molecule has 0 atom stereocenters. The molecule has 1 heterocycles. The van der Waals surface area contributed by atoms with Crippen LogP contribution in [-0.4, -0.2) is 24.0 Å². The van der Waals surface area contributed by atoms with E-state index in [2.05, 4.69) is 31.9 Å². The largest absolute Gasteiger partial charge is 0.496 e. The Bertz CT molecular complexity index is 1070. The van der Waals surface area contributed by atoms with Gasteiger partial charge in [0.2, 0.25) is 0 Å². The Kier molecular flexibility index (Phi) is 7.21. The summed E-state index contributed by atoms with van der Waals surface area (Å²) in [6.45, 7) is 0.287. The van der Waals surface area contributed by atoms with E-state index >= 15 is 0 Å². The van der Waals surface area contributed by atoms with Crippen LogP contribution in [0, 0.1) is 0 Å². The number of nitrogens with one attached hydrogen (secondary N) is 3. The lowest BCUT2D eigenvalue weighted by Crippen LogP contribution is -2.34. The fraction of sp³-hybridized carbons (Fsp3) is 0.0952. The van der Waals surface area contributed by atoms with Crippen molar-refractivity contribution in [3.63, 3.8) is 0 Å². The molecule has 0 radical (unpaired) electrons. The van der Waals surface area contributed by atoms with E-state index in [1.165, 1.54) is 0 Å². The number of amides is 2. The molecule has 0 unspecified atom stereocenters. The van der Waals surface area contributed by atoms with Crippen molar-refractivity contribution in [2.24, 2.45) is 0 Å². The number of furan rings is 1. The molecule has 30 heavy (non-hydrogen) atoms. The van der Waals surface area contributed by atoms with Gasteiger partial charge in [0.1, 0.15) is 11.5 Å². The van der Waals surface area contributed by atoms with Crippen molar-refractivity contribution in [3.8, 4) is 5.75 Å². The van der Waals surface area contributed by atoms with Gasteiger partial charge in [-0.05, 0) is 76.7 Å². The van der Waals surface area contributed by atoms with Crippen LogP contribution in [0.15, 0.2) is 69.8 Å². The predicted molar refractivity (Wildman–Crippen MR) is 121 cm³/mol. The zero-order chi connectivity index (χ0) is 21.5. The second kappa shape index (κ2) is 10.0. The molecule has 1 aromatic heterocycles. The van der Waals surface area contributed by atoms with Crippen LogP contribution in [0.1, 0.15) is 26.5 Å². The van der Waals surface area contributed by atoms with Crippen LogP contribution < -0.4 is 20.7 Å². The number of carbonyl (C=O) groups excluding carboxylic acids is 2. The molecule has 0 saturated carbocycles. The molecule has 0 bridgehead atoms. The van der Waals surface area contributed by atoms with E-state index in [1.807, 2.05) is 0 Å². The van der Waals surface area contributed by atoms with Crippen molar-refractivity contribution in [2.75, 3.05) is 12.4 Å². The van der Waals surface area contributed by atoms with Crippen molar-refractivity contribution in [2.45, 2.75) is 6.54 Å². The summed E-state index contributed by atoms with van der Waals surface area (Å²) < 4.78 is 11.0. The number of carbonyl (C=O) groups is 2. The van der Waals surface area contributed by atoms with Gasteiger partial charge in [-0.2, -0.15) is 0 Å². The maximum absolute atomic E-state index is 12.4. The first kappa shape index (κ1) is 21.5. The lowest BCUT2D eigenvalue weighted by Gasteiger charge is -2.11. The van der Waals surface area contributed by atoms with Crippen molar-refractivity contribution < 1.29 is 18.7 Å². The zero-order valence-corrected chi connectivity index (χ0v) is 18.3. The maximum Gasteiger partial charge on any atom is 0.257 e. The smallest absolute Gasteiger partial charge is 0.257 e. The van der Waals surface area contributed by atoms with E-state index in [0.29, 0.717) is 32.8 Å². The summed E-state index contributed by atoms with van der Waals surface area (Å²) in [6, 6.07) is 15.3. The third kappa shape index (κ3) is 5.68. The Balaban J connectivity index is 1.58. The van der Waals surface area contributed by atoms with E-state index < -0.39 is 0 Å². The van der Waals surface area contributed by atoms with Crippen LogP contribution in [0.2, 0.25) is 0 Å². The maximum atomic E-state index is 12.4. The lowest BCUT2D eigenvalue weighted by molar-refractivity contribution is 0.0946. The van der Waals surface area contributed by atoms with Gasteiger partial charge in [-0.3, -0.25) is 14.9 Å². The van der Waals surface area contributed by atoms with Crippen molar-refractivity contribution in [3.05, 3.63) is 82.2 Å². The van der Waals surface area contributed by atoms with Gasteiger partial charge >= 0.3 is 0 Å². The molecule has 0 saturated heterocycles. The second-order valence-electron chi connectivity index (χ2n) is 6.10. The second-order valence-corrected chi connectivity index (χ2v) is 7.36. The number of hydrogen-bond donors (Lipinski definition) is 3. The van der Waals surface area contributed by atoms with Crippen LogP contribution >= 0.6 is 28.1 Å². The number of methoxy groups -OCH3 is 1. The Morgan fingerprint density at radius 2 is 1.87 bits per heavy atom. The van der Waals surface area contributed by atoms with Crippen LogP contribution in [0.4, 0.5) is 5.69 Å². The highest BCUT2D eigenvalue weighted by Crippen LogP contribution is 2.25. The van der Waals surface area contributed by atoms with Gasteiger partial charge in [-0.25, -0.2) is 0 Å². The number of halogens is 1. The molecule has 3 rings (SSSR count). The molecule has 0 spiro atoms. The Morgan fingerprint density at radius 1 is 1.07 bits per heavy atom. The average Bonchev–Trinajstić information content (AvgIpc) is 3.25. The van der Waals surface area contributed by atoms with Crippen molar-refractivity contribution >= 4 is 50.8 Å². The minimum absolute atomic E-state index is 0.111. The summed E-state index contributed by atoms with van der Waals surface area (Å²) in [4.78, 5) is 24.7. The molecule has 2 aromatic carbocycles. The van der Waals surface area contributed by atoms with Gasteiger partial charge in [0.05, 0.1) is 24.4 Å². The summed E-state index contributed by atoms with van der Waals surface area (Å²) in [7, 11) is 1.55. The lowest BCUT2D eigenvalue weighted by atomic mass is 10.2. The predicted octanol–water partition coefficient (Wildman–Crippen LogP) is 4.11. The highest BCUT2D eigenvalue weighted by molar-refractivity contribution is 9.10. The fourth-order valence-corrected chi connectivity index (χ4v) is 3.32. The molecule has 0 aliphatic heterocycles. The van der Waals surface area contributed by atoms with Gasteiger partial charge < -0.3 is 19.8 Å². The van der Waals surface area contributed by atoms with Gasteiger partial charge in [0.25, 0.3) is 11.8 Å². The number of hydrogen-bond acceptors (Lipinski definition) is 5. The van der Waals surface area contributed by atoms with Crippen molar-refractivity contribution in [1.29, 1.82) is 0 Å². The molecular formula is C21H18BrN3O4S. The molecule has 3 aromatic rings. The number of anilines is 1. The van der Waals surface area contributed by atoms with E-state index in [-0.39, 0.29) is 23.5 Å². The molecule has 3 N–H and O–H groups in total. The highest BCUT2D eigenvalue weighted by Gasteiger charge is 2.12. The molecule has 154 valence electrons. The minimum atomic E-state index is -0.372. The van der Waals surface area contributed by atoms with Crippen LogP contribution in [-0.2, 0) is 6.54 Å². The van der Waals surface area contributed by atoms with Crippen molar-refractivity contribution in [1.82, 2.24) is 10.6 Å². The normalized spacial score (nSPS) is 10.2. The van der Waals surface area contributed by atoms with Gasteiger partial charge in [0, 0.05) is 16.8 Å². The van der Waals surface area contributed by atoms with E-state index in [9.17, 15) is 9.59 Å². The molecule has 7 nitrogen and oxygen atoms in total. The number of ether oxygens (including phenoxy) is 1. The van der Waals surface area contributed by atoms with Crippen LogP contribution in [0.25, 0.3) is 0 Å². The summed E-state index contributed by atoms with van der Waals surface area (Å²) in [5.74, 6) is 0.650. The first-order valence-electron chi connectivity index (χ1n) is 8.83. The van der Waals surface area contributed by atoms with Gasteiger partial charge in [-0.1, -0.05) is 6.07 Å². The summed E-state index contributed by atoms with van der Waals surface area (Å²) in [5, 5.41) is 8.40. The third-order valence-electron chi connectivity index (χ3n) is 4.03. The highest BCUT2D eigenvalue weighted by atomic mass is 79.9. The molecule has 0 aliphatic rings. The summed E-state index contributed by atoms with van der Waals surface area (Å²) in [6.07, 6.45) is 1.55. The number of benzene rings is 2. The van der Waals surface area contributed by atoms with Crippen LogP contribution in [0.5, 0.6) is 5.75 Å². The zero-order valence-electron chi connectivity index (χ0n) is 15.9. The third-order valence-corrected chi connectivity index (χ3v) is 4.85. The van der Waals surface area contributed by atoms with E-state index in [4.69, 9.17) is 21.4 Å². The molecule has 0 fully saturated rings. The first-order chi connectivity index (χ1) is 14.5. The standard InChI is InChI=1S/C21H18BrN3O4S/c1-28-18-8-7-14(11-17(18)22)20(27)25-21(30)24-15-5-2-4-13(10-15)19(26)23-12-16-6-3-9-29-16/h2-11H,12H2,1H3,(H,23,26)(H2,24,25,27,30). The molecule has 9 heteroatoms. The Hall–Kier alpha value is -3.17. The monoisotopic (exact) mass is 487 g/mol. The SMILES string of the molecule is COc1ccc(C(=O)NC(=S)Nc2cccc(C(=O)NCc3ccco3)c2)cc1Br. The van der Waals surface area contributed by atoms with Crippen LogP contribution in [0.3, 0.4) is 0 Å². The van der Waals surface area contributed by atoms with E-state index in [0.717, 1.165) is 0 Å². The Labute approximate surface area is 186 Å². The fourth-order valence-electron chi connectivity index (χ4n) is 2.57. The number of thiocarbonyl (C=S) groups is 1. The minimum Gasteiger partial charge on any atom is -0.496 e. The van der Waals surface area contributed by atoms with Gasteiger partial charge in [-0.15, -0.1) is 0 Å². The Morgan fingerprint density at radius 3 is 2.57 bits per heavy atom. The average molecular weight is 488 g/mol. The molecular weight excluding hydrogens is 470 g/mol. The molecule has 2 amide bonds. The first-order valence-corrected chi connectivity index (χ1v) is 10.0. The number of rotatable bonds is 6. The van der Waals surface area contributed by atoms with Gasteiger partial charge in [0.15, 0.2) is 5.11 Å². The summed E-state index contributed by atoms with van der Waals surface area (Å²) >= 11 is 8.56. The van der Waals surface area contributed by atoms with E-state index in [1.54, 1.807) is 68.0 Å².